The number of anilines is 1. The standard InChI is InChI=1S/C14H22N2S/c1-11-9-16(10-12(2)17-11)7-6-13-4-3-5-14(15)8-13/h3-5,8,11-12H,6-7,9-10,15H2,1-2H3. The van der Waals surface area contributed by atoms with Gasteiger partial charge in [-0.05, 0) is 24.1 Å². The molecule has 1 aromatic rings. The van der Waals surface area contributed by atoms with Gasteiger partial charge < -0.3 is 10.6 Å². The summed E-state index contributed by atoms with van der Waals surface area (Å²) in [7, 11) is 0. The summed E-state index contributed by atoms with van der Waals surface area (Å²) in [5.41, 5.74) is 8.02. The fourth-order valence-electron chi connectivity index (χ4n) is 2.50. The van der Waals surface area contributed by atoms with Crippen LogP contribution in [0.1, 0.15) is 19.4 Å². The molecule has 94 valence electrons. The van der Waals surface area contributed by atoms with Crippen molar-refractivity contribution >= 4 is 17.4 Å². The molecule has 0 aromatic heterocycles. The summed E-state index contributed by atoms with van der Waals surface area (Å²) in [5, 5.41) is 1.53. The van der Waals surface area contributed by atoms with Crippen molar-refractivity contribution in [2.75, 3.05) is 25.4 Å². The van der Waals surface area contributed by atoms with Crippen LogP contribution in [0, 0.1) is 0 Å². The van der Waals surface area contributed by atoms with E-state index in [1.165, 1.54) is 18.7 Å². The SMILES string of the molecule is CC1CN(CCc2cccc(N)c2)CC(C)S1. The van der Waals surface area contributed by atoms with Crippen molar-refractivity contribution in [3.8, 4) is 0 Å². The molecule has 1 aromatic carbocycles. The van der Waals surface area contributed by atoms with E-state index in [1.54, 1.807) is 0 Å². The molecule has 3 heteroatoms. The molecule has 2 N–H and O–H groups in total. The van der Waals surface area contributed by atoms with Crippen LogP contribution < -0.4 is 5.73 Å². The van der Waals surface area contributed by atoms with Gasteiger partial charge in [0, 0.05) is 35.8 Å². The molecule has 1 aliphatic heterocycles. The lowest BCUT2D eigenvalue weighted by atomic mass is 10.1. The molecule has 0 saturated carbocycles. The van der Waals surface area contributed by atoms with Gasteiger partial charge in [0.15, 0.2) is 0 Å². The molecule has 1 aliphatic rings. The fraction of sp³-hybridized carbons (Fsp3) is 0.571. The second-order valence-electron chi connectivity index (χ2n) is 5.01. The average molecular weight is 250 g/mol. The summed E-state index contributed by atoms with van der Waals surface area (Å²) >= 11 is 2.11. The van der Waals surface area contributed by atoms with Crippen LogP contribution in [0.3, 0.4) is 0 Å². The van der Waals surface area contributed by atoms with Gasteiger partial charge in [0.05, 0.1) is 0 Å². The van der Waals surface area contributed by atoms with Crippen molar-refractivity contribution < 1.29 is 0 Å². The minimum atomic E-state index is 0.764. The van der Waals surface area contributed by atoms with Gasteiger partial charge in [-0.15, -0.1) is 0 Å². The predicted octanol–water partition coefficient (Wildman–Crippen LogP) is 2.64. The molecule has 2 unspecified atom stereocenters. The van der Waals surface area contributed by atoms with Gasteiger partial charge in [-0.25, -0.2) is 0 Å². The molecule has 2 rings (SSSR count). The lowest BCUT2D eigenvalue weighted by Gasteiger charge is -2.34. The first-order valence-electron chi connectivity index (χ1n) is 6.35. The molecule has 0 amide bonds. The minimum absolute atomic E-state index is 0.764. The van der Waals surface area contributed by atoms with E-state index >= 15 is 0 Å². The van der Waals surface area contributed by atoms with Crippen LogP contribution in [0.25, 0.3) is 0 Å². The molecular weight excluding hydrogens is 228 g/mol. The highest BCUT2D eigenvalue weighted by atomic mass is 32.2. The summed E-state index contributed by atoms with van der Waals surface area (Å²) < 4.78 is 0. The Kier molecular flexibility index (Phi) is 4.35. The van der Waals surface area contributed by atoms with E-state index < -0.39 is 0 Å². The normalized spacial score (nSPS) is 26.0. The average Bonchev–Trinajstić information content (AvgIpc) is 2.25. The summed E-state index contributed by atoms with van der Waals surface area (Å²) in [6.45, 7) is 8.25. The third-order valence-corrected chi connectivity index (χ3v) is 4.39. The fourth-order valence-corrected chi connectivity index (χ4v) is 3.89. The number of hydrogen-bond donors (Lipinski definition) is 1. The summed E-state index contributed by atoms with van der Waals surface area (Å²) in [5.74, 6) is 0. The molecule has 0 spiro atoms. The molecule has 1 fully saturated rings. The van der Waals surface area contributed by atoms with Crippen molar-refractivity contribution in [1.29, 1.82) is 0 Å². The van der Waals surface area contributed by atoms with E-state index in [-0.39, 0.29) is 0 Å². The summed E-state index contributed by atoms with van der Waals surface area (Å²) in [6, 6.07) is 8.25. The molecule has 1 saturated heterocycles. The van der Waals surface area contributed by atoms with Crippen molar-refractivity contribution in [2.45, 2.75) is 30.8 Å². The third kappa shape index (κ3) is 3.93. The van der Waals surface area contributed by atoms with E-state index in [9.17, 15) is 0 Å². The highest BCUT2D eigenvalue weighted by Gasteiger charge is 2.21. The minimum Gasteiger partial charge on any atom is -0.399 e. The van der Waals surface area contributed by atoms with Gasteiger partial charge in [0.25, 0.3) is 0 Å². The maximum Gasteiger partial charge on any atom is 0.0316 e. The molecule has 1 heterocycles. The first-order valence-corrected chi connectivity index (χ1v) is 7.30. The van der Waals surface area contributed by atoms with Crippen molar-refractivity contribution in [1.82, 2.24) is 4.90 Å². The molecule has 2 nitrogen and oxygen atoms in total. The van der Waals surface area contributed by atoms with Crippen molar-refractivity contribution in [2.24, 2.45) is 0 Å². The zero-order chi connectivity index (χ0) is 12.3. The zero-order valence-corrected chi connectivity index (χ0v) is 11.5. The van der Waals surface area contributed by atoms with E-state index in [1.807, 2.05) is 12.1 Å². The van der Waals surface area contributed by atoms with Gasteiger partial charge in [-0.3, -0.25) is 0 Å². The number of nitrogens with two attached hydrogens (primary N) is 1. The Hall–Kier alpha value is -0.670. The lowest BCUT2D eigenvalue weighted by Crippen LogP contribution is -2.41. The Morgan fingerprint density at radius 1 is 1.29 bits per heavy atom. The Bertz CT molecular complexity index is 357. The molecule has 17 heavy (non-hydrogen) atoms. The molecular formula is C14H22N2S. The van der Waals surface area contributed by atoms with Crippen molar-refractivity contribution in [3.05, 3.63) is 29.8 Å². The Labute approximate surface area is 109 Å². The van der Waals surface area contributed by atoms with Gasteiger partial charge in [0.2, 0.25) is 0 Å². The van der Waals surface area contributed by atoms with Gasteiger partial charge in [0.1, 0.15) is 0 Å². The number of thioether (sulfide) groups is 1. The number of nitrogen functional groups attached to an aromatic ring is 1. The second kappa shape index (κ2) is 5.78. The molecule has 0 aliphatic carbocycles. The summed E-state index contributed by atoms with van der Waals surface area (Å²) in [6.07, 6.45) is 1.11. The highest BCUT2D eigenvalue weighted by molar-refractivity contribution is 8.00. The predicted molar refractivity (Wildman–Crippen MR) is 77.5 cm³/mol. The quantitative estimate of drug-likeness (QED) is 0.836. The number of benzene rings is 1. The zero-order valence-electron chi connectivity index (χ0n) is 10.7. The first kappa shape index (κ1) is 12.8. The monoisotopic (exact) mass is 250 g/mol. The van der Waals surface area contributed by atoms with Crippen LogP contribution >= 0.6 is 11.8 Å². The lowest BCUT2D eigenvalue weighted by molar-refractivity contribution is 0.274. The van der Waals surface area contributed by atoms with Crippen LogP contribution in [0.4, 0.5) is 5.69 Å². The largest absolute Gasteiger partial charge is 0.399 e. The maximum atomic E-state index is 5.79. The topological polar surface area (TPSA) is 29.3 Å². The van der Waals surface area contributed by atoms with E-state index in [0.717, 1.165) is 29.2 Å². The Morgan fingerprint density at radius 3 is 2.65 bits per heavy atom. The Morgan fingerprint density at radius 2 is 2.00 bits per heavy atom. The molecule has 0 bridgehead atoms. The third-order valence-electron chi connectivity index (χ3n) is 3.16. The van der Waals surface area contributed by atoms with Crippen LogP contribution in [-0.2, 0) is 6.42 Å². The van der Waals surface area contributed by atoms with Crippen LogP contribution in [0.15, 0.2) is 24.3 Å². The van der Waals surface area contributed by atoms with Crippen LogP contribution in [0.2, 0.25) is 0 Å². The van der Waals surface area contributed by atoms with Gasteiger partial charge >= 0.3 is 0 Å². The molecule has 2 atom stereocenters. The number of rotatable bonds is 3. The van der Waals surface area contributed by atoms with Crippen LogP contribution in [0.5, 0.6) is 0 Å². The highest BCUT2D eigenvalue weighted by Crippen LogP contribution is 2.24. The smallest absolute Gasteiger partial charge is 0.0316 e. The maximum absolute atomic E-state index is 5.79. The Balaban J connectivity index is 1.85. The number of nitrogens with zero attached hydrogens (tertiary/aromatic N) is 1. The van der Waals surface area contributed by atoms with Crippen molar-refractivity contribution in [3.63, 3.8) is 0 Å². The number of hydrogen-bond acceptors (Lipinski definition) is 3. The second-order valence-corrected chi connectivity index (χ2v) is 6.89. The summed E-state index contributed by atoms with van der Waals surface area (Å²) in [4.78, 5) is 2.58. The van der Waals surface area contributed by atoms with Gasteiger partial charge in [-0.2, -0.15) is 11.8 Å². The molecule has 0 radical (unpaired) electrons. The van der Waals surface area contributed by atoms with E-state index in [0.29, 0.717) is 0 Å². The van der Waals surface area contributed by atoms with E-state index in [2.05, 4.69) is 42.6 Å². The van der Waals surface area contributed by atoms with E-state index in [4.69, 9.17) is 5.73 Å². The van der Waals surface area contributed by atoms with Crippen LogP contribution in [-0.4, -0.2) is 35.0 Å². The van der Waals surface area contributed by atoms with Gasteiger partial charge in [-0.1, -0.05) is 26.0 Å². The first-order chi connectivity index (χ1) is 8.13.